The summed E-state index contributed by atoms with van der Waals surface area (Å²) in [4.78, 5) is 7.52. The Balaban J connectivity index is 2.26. The highest BCUT2D eigenvalue weighted by atomic mass is 15.1. The number of fused-ring (bicyclic) bond motifs is 1. The van der Waals surface area contributed by atoms with Gasteiger partial charge in [0, 0.05) is 41.6 Å². The fraction of sp³-hybridized carbons (Fsp3) is 0.167. The summed E-state index contributed by atoms with van der Waals surface area (Å²) in [5.41, 5.74) is 4.09. The molecule has 3 aromatic heterocycles. The van der Waals surface area contributed by atoms with E-state index < -0.39 is 0 Å². The maximum absolute atomic E-state index is 4.40. The average Bonchev–Trinajstić information content (AvgIpc) is 3.00. The van der Waals surface area contributed by atoms with Crippen molar-refractivity contribution in [2.45, 2.75) is 6.92 Å². The molecule has 0 saturated heterocycles. The Labute approximate surface area is 98.3 Å². The van der Waals surface area contributed by atoms with Crippen LogP contribution in [0.3, 0.4) is 0 Å². The van der Waals surface area contributed by atoms with Gasteiger partial charge < -0.3 is 10.3 Å². The summed E-state index contributed by atoms with van der Waals surface area (Å²) in [5, 5.41) is 11.3. The molecule has 0 atom stereocenters. The summed E-state index contributed by atoms with van der Waals surface area (Å²) in [6.07, 6.45) is 7.44. The third kappa shape index (κ3) is 1.56. The second-order valence-electron chi connectivity index (χ2n) is 3.80. The molecule has 0 aliphatic carbocycles. The minimum absolute atomic E-state index is 0.870. The molecule has 3 rings (SSSR count). The smallest absolute Gasteiger partial charge is 0.139 e. The van der Waals surface area contributed by atoms with Crippen LogP contribution >= 0.6 is 0 Å². The lowest BCUT2D eigenvalue weighted by molar-refractivity contribution is 1.09. The summed E-state index contributed by atoms with van der Waals surface area (Å²) in [5.74, 6) is 0. The Morgan fingerprint density at radius 3 is 3.06 bits per heavy atom. The molecule has 3 heterocycles. The van der Waals surface area contributed by atoms with E-state index in [0.29, 0.717) is 0 Å². The van der Waals surface area contributed by atoms with Gasteiger partial charge >= 0.3 is 0 Å². The molecule has 5 heteroatoms. The molecule has 3 aromatic rings. The Kier molecular flexibility index (Phi) is 2.29. The van der Waals surface area contributed by atoms with Crippen molar-refractivity contribution in [3.63, 3.8) is 0 Å². The van der Waals surface area contributed by atoms with E-state index in [1.807, 2.05) is 24.7 Å². The standard InChI is InChI=1S/C12H13N5/c1-2-13-11-9-3-4-14-12(9)15-7-10(11)8-5-16-17-6-8/h3-7H,2H2,1H3,(H,16,17)(H2,13,14,15). The largest absolute Gasteiger partial charge is 0.384 e. The summed E-state index contributed by atoms with van der Waals surface area (Å²) in [6.45, 7) is 2.95. The fourth-order valence-electron chi connectivity index (χ4n) is 1.99. The summed E-state index contributed by atoms with van der Waals surface area (Å²) >= 11 is 0. The van der Waals surface area contributed by atoms with E-state index in [2.05, 4.69) is 32.4 Å². The average molecular weight is 227 g/mol. The molecule has 0 aromatic carbocycles. The van der Waals surface area contributed by atoms with Gasteiger partial charge in [-0.2, -0.15) is 5.10 Å². The highest BCUT2D eigenvalue weighted by Gasteiger charge is 2.11. The second kappa shape index (κ2) is 3.93. The normalized spacial score (nSPS) is 10.9. The van der Waals surface area contributed by atoms with Gasteiger partial charge in [0.15, 0.2) is 0 Å². The maximum atomic E-state index is 4.40. The molecule has 0 amide bonds. The number of anilines is 1. The lowest BCUT2D eigenvalue weighted by atomic mass is 10.1. The van der Waals surface area contributed by atoms with Gasteiger partial charge in [0.05, 0.1) is 11.9 Å². The number of aromatic nitrogens is 4. The molecule has 0 fully saturated rings. The van der Waals surface area contributed by atoms with Gasteiger partial charge in [0.25, 0.3) is 0 Å². The van der Waals surface area contributed by atoms with Crippen LogP contribution in [-0.2, 0) is 0 Å². The van der Waals surface area contributed by atoms with E-state index in [9.17, 15) is 0 Å². The monoisotopic (exact) mass is 227 g/mol. The van der Waals surface area contributed by atoms with Gasteiger partial charge in [-0.05, 0) is 13.0 Å². The van der Waals surface area contributed by atoms with Crippen LogP contribution in [0.5, 0.6) is 0 Å². The van der Waals surface area contributed by atoms with Crippen molar-refractivity contribution in [1.29, 1.82) is 0 Å². The number of hydrogen-bond donors (Lipinski definition) is 3. The quantitative estimate of drug-likeness (QED) is 0.643. The van der Waals surface area contributed by atoms with E-state index >= 15 is 0 Å². The van der Waals surface area contributed by atoms with Crippen molar-refractivity contribution in [3.05, 3.63) is 30.9 Å². The van der Waals surface area contributed by atoms with Crippen LogP contribution in [0.2, 0.25) is 0 Å². The molecule has 0 unspecified atom stereocenters. The summed E-state index contributed by atoms with van der Waals surface area (Å²) in [6, 6.07) is 2.03. The van der Waals surface area contributed by atoms with E-state index in [1.54, 1.807) is 6.20 Å². The number of aromatic amines is 2. The Hall–Kier alpha value is -2.30. The third-order valence-corrected chi connectivity index (χ3v) is 2.75. The fourth-order valence-corrected chi connectivity index (χ4v) is 1.99. The topological polar surface area (TPSA) is 69.4 Å². The highest BCUT2D eigenvalue weighted by molar-refractivity contribution is 5.97. The predicted octanol–water partition coefficient (Wildman–Crippen LogP) is 2.38. The molecule has 0 aliphatic rings. The number of nitrogens with one attached hydrogen (secondary N) is 3. The maximum Gasteiger partial charge on any atom is 0.139 e. The number of rotatable bonds is 3. The van der Waals surface area contributed by atoms with Gasteiger partial charge in [-0.3, -0.25) is 5.10 Å². The first-order chi connectivity index (χ1) is 8.40. The molecule has 0 bridgehead atoms. The molecule has 0 saturated carbocycles. The van der Waals surface area contributed by atoms with Crippen molar-refractivity contribution < 1.29 is 0 Å². The van der Waals surface area contributed by atoms with E-state index in [4.69, 9.17) is 0 Å². The Morgan fingerprint density at radius 2 is 2.29 bits per heavy atom. The summed E-state index contributed by atoms with van der Waals surface area (Å²) in [7, 11) is 0. The minimum atomic E-state index is 0.870. The SMILES string of the molecule is CCNc1c(-c2cn[nH]c2)cnc2[nH]ccc12. The molecule has 86 valence electrons. The van der Waals surface area contributed by atoms with E-state index in [-0.39, 0.29) is 0 Å². The number of pyridine rings is 1. The van der Waals surface area contributed by atoms with E-state index in [0.717, 1.165) is 34.4 Å². The lowest BCUT2D eigenvalue weighted by Gasteiger charge is -2.10. The van der Waals surface area contributed by atoms with Crippen molar-refractivity contribution in [3.8, 4) is 11.1 Å². The molecule has 3 N–H and O–H groups in total. The molecule has 0 spiro atoms. The zero-order valence-corrected chi connectivity index (χ0v) is 9.49. The third-order valence-electron chi connectivity index (χ3n) is 2.75. The lowest BCUT2D eigenvalue weighted by Crippen LogP contribution is -1.99. The number of nitrogens with zero attached hydrogens (tertiary/aromatic N) is 2. The van der Waals surface area contributed by atoms with Gasteiger partial charge in [-0.15, -0.1) is 0 Å². The molecular weight excluding hydrogens is 214 g/mol. The van der Waals surface area contributed by atoms with Crippen molar-refractivity contribution in [1.82, 2.24) is 20.2 Å². The first-order valence-electron chi connectivity index (χ1n) is 5.59. The van der Waals surface area contributed by atoms with Crippen molar-refractivity contribution in [2.75, 3.05) is 11.9 Å². The van der Waals surface area contributed by atoms with Crippen LogP contribution in [0.1, 0.15) is 6.92 Å². The van der Waals surface area contributed by atoms with E-state index in [1.165, 1.54) is 0 Å². The van der Waals surface area contributed by atoms with Crippen molar-refractivity contribution in [2.24, 2.45) is 0 Å². The van der Waals surface area contributed by atoms with Crippen LogP contribution in [-0.4, -0.2) is 26.7 Å². The molecular formula is C12H13N5. The first-order valence-corrected chi connectivity index (χ1v) is 5.59. The minimum Gasteiger partial charge on any atom is -0.384 e. The molecule has 17 heavy (non-hydrogen) atoms. The van der Waals surface area contributed by atoms with Gasteiger partial charge in [-0.25, -0.2) is 4.98 Å². The highest BCUT2D eigenvalue weighted by Crippen LogP contribution is 2.32. The van der Waals surface area contributed by atoms with Crippen LogP contribution in [0, 0.1) is 0 Å². The zero-order chi connectivity index (χ0) is 11.7. The zero-order valence-electron chi connectivity index (χ0n) is 9.49. The van der Waals surface area contributed by atoms with Crippen LogP contribution in [0.4, 0.5) is 5.69 Å². The number of H-pyrrole nitrogens is 2. The molecule has 5 nitrogen and oxygen atoms in total. The number of hydrogen-bond acceptors (Lipinski definition) is 3. The molecule has 0 aliphatic heterocycles. The Bertz CT molecular complexity index is 623. The van der Waals surface area contributed by atoms with Crippen LogP contribution in [0.15, 0.2) is 30.9 Å². The van der Waals surface area contributed by atoms with Crippen LogP contribution < -0.4 is 5.32 Å². The van der Waals surface area contributed by atoms with Gasteiger partial charge in [-0.1, -0.05) is 0 Å². The van der Waals surface area contributed by atoms with Gasteiger partial charge in [0.2, 0.25) is 0 Å². The predicted molar refractivity (Wildman–Crippen MR) is 67.8 cm³/mol. The Morgan fingerprint density at radius 1 is 1.35 bits per heavy atom. The molecule has 0 radical (unpaired) electrons. The summed E-state index contributed by atoms with van der Waals surface area (Å²) < 4.78 is 0. The van der Waals surface area contributed by atoms with Crippen molar-refractivity contribution >= 4 is 16.7 Å². The first kappa shape index (κ1) is 9.89. The van der Waals surface area contributed by atoms with Crippen LogP contribution in [0.25, 0.3) is 22.2 Å². The second-order valence-corrected chi connectivity index (χ2v) is 3.80. The van der Waals surface area contributed by atoms with Gasteiger partial charge in [0.1, 0.15) is 5.65 Å².